The van der Waals surface area contributed by atoms with Crippen molar-refractivity contribution in [1.29, 1.82) is 0 Å². The number of rotatable bonds is 7. The quantitative estimate of drug-likeness (QED) is 0.382. The van der Waals surface area contributed by atoms with Crippen LogP contribution in [0, 0.1) is 5.41 Å². The largest absolute Gasteiger partial charge is 0.489 e. The summed E-state index contributed by atoms with van der Waals surface area (Å²) in [5.74, 6) is 0.750. The van der Waals surface area contributed by atoms with Crippen LogP contribution in [0.5, 0.6) is 5.75 Å². The SMILES string of the molecule is CC(C)(C)/C(=C\C(=O)O)c1cn(C2CCCCC2)c(-c2ccc(OCc3ccccc3)cc2)n1. The van der Waals surface area contributed by atoms with Gasteiger partial charge in [-0.05, 0) is 53.7 Å². The van der Waals surface area contributed by atoms with Gasteiger partial charge in [0.15, 0.2) is 0 Å². The minimum absolute atomic E-state index is 0.337. The molecule has 0 unspecified atom stereocenters. The number of ether oxygens (including phenoxy) is 1. The van der Waals surface area contributed by atoms with Gasteiger partial charge in [0.05, 0.1) is 5.69 Å². The molecule has 3 aromatic rings. The van der Waals surface area contributed by atoms with E-state index in [9.17, 15) is 9.90 Å². The van der Waals surface area contributed by atoms with Crippen LogP contribution >= 0.6 is 0 Å². The van der Waals surface area contributed by atoms with Crippen molar-refractivity contribution in [3.05, 3.63) is 78.1 Å². The molecule has 0 saturated heterocycles. The van der Waals surface area contributed by atoms with E-state index in [0.717, 1.165) is 46.8 Å². The zero-order valence-corrected chi connectivity index (χ0v) is 20.3. The molecule has 5 nitrogen and oxygen atoms in total. The fourth-order valence-electron chi connectivity index (χ4n) is 4.61. The zero-order chi connectivity index (χ0) is 24.1. The van der Waals surface area contributed by atoms with Crippen LogP contribution in [0.15, 0.2) is 66.9 Å². The van der Waals surface area contributed by atoms with Crippen molar-refractivity contribution in [3.8, 4) is 17.1 Å². The molecule has 1 fully saturated rings. The number of hydrogen-bond donors (Lipinski definition) is 1. The summed E-state index contributed by atoms with van der Waals surface area (Å²) in [4.78, 5) is 16.6. The van der Waals surface area contributed by atoms with E-state index in [1.165, 1.54) is 25.3 Å². The Bertz CT molecular complexity index is 1130. The Morgan fingerprint density at radius 2 is 1.74 bits per heavy atom. The first-order valence-corrected chi connectivity index (χ1v) is 12.1. The summed E-state index contributed by atoms with van der Waals surface area (Å²) >= 11 is 0. The minimum atomic E-state index is -0.946. The van der Waals surface area contributed by atoms with E-state index in [2.05, 4.69) is 10.8 Å². The van der Waals surface area contributed by atoms with Crippen LogP contribution in [0.3, 0.4) is 0 Å². The van der Waals surface area contributed by atoms with Gasteiger partial charge < -0.3 is 14.4 Å². The van der Waals surface area contributed by atoms with Crippen molar-refractivity contribution in [2.75, 3.05) is 0 Å². The minimum Gasteiger partial charge on any atom is -0.489 e. The normalized spacial score (nSPS) is 15.3. The summed E-state index contributed by atoms with van der Waals surface area (Å²) < 4.78 is 8.23. The molecule has 0 amide bonds. The van der Waals surface area contributed by atoms with Gasteiger partial charge in [0.1, 0.15) is 18.2 Å². The number of carbonyl (C=O) groups is 1. The van der Waals surface area contributed by atoms with Gasteiger partial charge in [0, 0.05) is 23.9 Å². The Labute approximate surface area is 202 Å². The van der Waals surface area contributed by atoms with Gasteiger partial charge in [0.2, 0.25) is 0 Å². The van der Waals surface area contributed by atoms with Crippen LogP contribution in [-0.4, -0.2) is 20.6 Å². The first-order valence-electron chi connectivity index (χ1n) is 12.1. The maximum atomic E-state index is 11.6. The number of imidazole rings is 1. The van der Waals surface area contributed by atoms with E-state index in [1.54, 1.807) is 0 Å². The molecule has 1 aliphatic rings. The Kier molecular flexibility index (Phi) is 7.20. The van der Waals surface area contributed by atoms with E-state index in [4.69, 9.17) is 9.72 Å². The molecule has 2 aromatic carbocycles. The number of nitrogens with zero attached hydrogens (tertiary/aromatic N) is 2. The lowest BCUT2D eigenvalue weighted by Gasteiger charge is -2.25. The van der Waals surface area contributed by atoms with Gasteiger partial charge in [-0.15, -0.1) is 0 Å². The topological polar surface area (TPSA) is 64.3 Å². The third-order valence-electron chi connectivity index (χ3n) is 6.41. The summed E-state index contributed by atoms with van der Waals surface area (Å²) in [5.41, 5.74) is 3.27. The molecule has 1 aliphatic carbocycles. The summed E-state index contributed by atoms with van der Waals surface area (Å²) in [6, 6.07) is 18.5. The second-order valence-corrected chi connectivity index (χ2v) is 10.1. The van der Waals surface area contributed by atoms with Gasteiger partial charge in [-0.2, -0.15) is 0 Å². The highest BCUT2D eigenvalue weighted by atomic mass is 16.5. The lowest BCUT2D eigenvalue weighted by atomic mass is 9.84. The van der Waals surface area contributed by atoms with Crippen LogP contribution < -0.4 is 4.74 Å². The predicted molar refractivity (Wildman–Crippen MR) is 136 cm³/mol. The second-order valence-electron chi connectivity index (χ2n) is 10.1. The first-order chi connectivity index (χ1) is 16.3. The molecule has 0 aliphatic heterocycles. The van der Waals surface area contributed by atoms with Crippen molar-refractivity contribution >= 4 is 11.5 Å². The number of carboxylic acid groups (broad SMARTS) is 1. The highest BCUT2D eigenvalue weighted by molar-refractivity contribution is 5.90. The van der Waals surface area contributed by atoms with Gasteiger partial charge in [0.25, 0.3) is 0 Å². The van der Waals surface area contributed by atoms with Crippen LogP contribution in [0.25, 0.3) is 17.0 Å². The number of aromatic nitrogens is 2. The Balaban J connectivity index is 1.66. The molecule has 0 atom stereocenters. The van der Waals surface area contributed by atoms with E-state index < -0.39 is 5.97 Å². The molecule has 0 radical (unpaired) electrons. The summed E-state index contributed by atoms with van der Waals surface area (Å²) in [6.07, 6.45) is 9.29. The number of aliphatic carboxylic acids is 1. The van der Waals surface area contributed by atoms with Crippen molar-refractivity contribution in [1.82, 2.24) is 9.55 Å². The van der Waals surface area contributed by atoms with Gasteiger partial charge in [-0.3, -0.25) is 0 Å². The van der Waals surface area contributed by atoms with Crippen molar-refractivity contribution in [3.63, 3.8) is 0 Å². The fourth-order valence-corrected chi connectivity index (χ4v) is 4.61. The summed E-state index contributed by atoms with van der Waals surface area (Å²) in [6.45, 7) is 6.61. The third kappa shape index (κ3) is 5.77. The highest BCUT2D eigenvalue weighted by Crippen LogP contribution is 2.38. The summed E-state index contributed by atoms with van der Waals surface area (Å²) in [5, 5.41) is 9.49. The smallest absolute Gasteiger partial charge is 0.328 e. The van der Waals surface area contributed by atoms with Crippen LogP contribution in [-0.2, 0) is 11.4 Å². The third-order valence-corrected chi connectivity index (χ3v) is 6.41. The number of benzene rings is 2. The summed E-state index contributed by atoms with van der Waals surface area (Å²) in [7, 11) is 0. The van der Waals surface area contributed by atoms with Crippen LogP contribution in [0.1, 0.15) is 70.2 Å². The number of hydrogen-bond acceptors (Lipinski definition) is 3. The van der Waals surface area contributed by atoms with Crippen LogP contribution in [0.4, 0.5) is 0 Å². The Morgan fingerprint density at radius 3 is 2.35 bits per heavy atom. The molecule has 1 aromatic heterocycles. The highest BCUT2D eigenvalue weighted by Gasteiger charge is 2.26. The molecule has 0 bridgehead atoms. The van der Waals surface area contributed by atoms with Crippen molar-refractivity contribution in [2.45, 2.75) is 65.5 Å². The Hall–Kier alpha value is -3.34. The van der Waals surface area contributed by atoms with Gasteiger partial charge in [-0.1, -0.05) is 70.4 Å². The zero-order valence-electron chi connectivity index (χ0n) is 20.3. The predicted octanol–water partition coefficient (Wildman–Crippen LogP) is 7.15. The van der Waals surface area contributed by atoms with Gasteiger partial charge in [-0.25, -0.2) is 9.78 Å². The molecule has 1 N–H and O–H groups in total. The lowest BCUT2D eigenvalue weighted by molar-refractivity contribution is -0.131. The molecular weight excluding hydrogens is 424 g/mol. The maximum absolute atomic E-state index is 11.6. The number of allylic oxidation sites excluding steroid dienone is 1. The standard InChI is InChI=1S/C29H34N2O3/c1-29(2,3)25(18-27(32)33)26-19-31(23-12-8-5-9-13-23)28(30-26)22-14-16-24(17-15-22)34-20-21-10-6-4-7-11-21/h4,6-7,10-11,14-19,23H,5,8-9,12-13,20H2,1-3H3,(H,32,33)/b25-18-. The van der Waals surface area contributed by atoms with Crippen LogP contribution in [0.2, 0.25) is 0 Å². The molecule has 0 spiro atoms. The molecule has 1 heterocycles. The van der Waals surface area contributed by atoms with E-state index in [-0.39, 0.29) is 5.41 Å². The number of carboxylic acids is 1. The molecular formula is C29H34N2O3. The van der Waals surface area contributed by atoms with Crippen molar-refractivity contribution in [2.24, 2.45) is 5.41 Å². The molecule has 5 heteroatoms. The average molecular weight is 459 g/mol. The second kappa shape index (κ2) is 10.3. The van der Waals surface area contributed by atoms with E-state index in [0.29, 0.717) is 12.6 Å². The fraction of sp³-hybridized carbons (Fsp3) is 0.379. The Morgan fingerprint density at radius 1 is 1.06 bits per heavy atom. The maximum Gasteiger partial charge on any atom is 0.328 e. The average Bonchev–Trinajstić information content (AvgIpc) is 3.27. The molecule has 178 valence electrons. The molecule has 4 rings (SSSR count). The molecule has 34 heavy (non-hydrogen) atoms. The van der Waals surface area contributed by atoms with E-state index in [1.807, 2.05) is 75.4 Å². The van der Waals surface area contributed by atoms with Crippen molar-refractivity contribution < 1.29 is 14.6 Å². The first kappa shape index (κ1) is 23.8. The monoisotopic (exact) mass is 458 g/mol. The lowest BCUT2D eigenvalue weighted by Crippen LogP contribution is -2.13. The van der Waals surface area contributed by atoms with E-state index >= 15 is 0 Å². The molecule has 1 saturated carbocycles. The van der Waals surface area contributed by atoms with Gasteiger partial charge >= 0.3 is 5.97 Å².